The standard InChI is InChI=1S/C13H15F2NO3/c14-13(15)6-11(7-17)16(9-13)12(18)19-8-10-4-2-1-3-5-10/h1-5,11,17H,6-9H2. The number of rotatable bonds is 3. The van der Waals surface area contributed by atoms with Gasteiger partial charge in [-0.1, -0.05) is 30.3 Å². The van der Waals surface area contributed by atoms with Crippen LogP contribution in [0.2, 0.25) is 0 Å². The van der Waals surface area contributed by atoms with Gasteiger partial charge < -0.3 is 9.84 Å². The van der Waals surface area contributed by atoms with Gasteiger partial charge in [-0.05, 0) is 5.56 Å². The van der Waals surface area contributed by atoms with Crippen molar-refractivity contribution in [3.63, 3.8) is 0 Å². The number of amides is 1. The first-order chi connectivity index (χ1) is 9.02. The zero-order chi connectivity index (χ0) is 13.9. The zero-order valence-electron chi connectivity index (χ0n) is 10.3. The molecule has 0 radical (unpaired) electrons. The molecule has 104 valence electrons. The first-order valence-electron chi connectivity index (χ1n) is 5.98. The summed E-state index contributed by atoms with van der Waals surface area (Å²) in [5, 5.41) is 9.02. The molecule has 0 bridgehead atoms. The van der Waals surface area contributed by atoms with E-state index in [-0.39, 0.29) is 6.61 Å². The molecule has 0 aliphatic carbocycles. The van der Waals surface area contributed by atoms with Crippen LogP contribution in [0.5, 0.6) is 0 Å². The maximum atomic E-state index is 13.2. The number of likely N-dealkylation sites (tertiary alicyclic amines) is 1. The minimum Gasteiger partial charge on any atom is -0.445 e. The van der Waals surface area contributed by atoms with Crippen LogP contribution < -0.4 is 0 Å². The van der Waals surface area contributed by atoms with Crippen molar-refractivity contribution >= 4 is 6.09 Å². The number of halogens is 2. The van der Waals surface area contributed by atoms with Crippen LogP contribution in [0.4, 0.5) is 13.6 Å². The normalized spacial score (nSPS) is 21.4. The number of hydrogen-bond donors (Lipinski definition) is 1. The van der Waals surface area contributed by atoms with Gasteiger partial charge in [0.2, 0.25) is 0 Å². The van der Waals surface area contributed by atoms with E-state index in [1.807, 2.05) is 6.07 Å². The average molecular weight is 271 g/mol. The molecule has 4 nitrogen and oxygen atoms in total. The first kappa shape index (κ1) is 13.7. The Bertz CT molecular complexity index is 439. The maximum absolute atomic E-state index is 13.2. The van der Waals surface area contributed by atoms with Crippen LogP contribution in [0.25, 0.3) is 0 Å². The molecule has 0 spiro atoms. The number of carbonyl (C=O) groups is 1. The minimum absolute atomic E-state index is 0.0277. The maximum Gasteiger partial charge on any atom is 0.410 e. The Kier molecular flexibility index (Phi) is 3.99. The summed E-state index contributed by atoms with van der Waals surface area (Å²) in [7, 11) is 0. The third-order valence-electron chi connectivity index (χ3n) is 3.03. The van der Waals surface area contributed by atoms with E-state index in [0.717, 1.165) is 10.5 Å². The third kappa shape index (κ3) is 3.41. The minimum atomic E-state index is -2.96. The average Bonchev–Trinajstić information content (AvgIpc) is 2.72. The van der Waals surface area contributed by atoms with Gasteiger partial charge in [-0.25, -0.2) is 13.6 Å². The number of carbonyl (C=O) groups excluding carboxylic acids is 1. The number of hydrogen-bond acceptors (Lipinski definition) is 3. The van der Waals surface area contributed by atoms with Crippen LogP contribution in [0.1, 0.15) is 12.0 Å². The van der Waals surface area contributed by atoms with Gasteiger partial charge in [0.1, 0.15) is 6.61 Å². The molecule has 1 atom stereocenters. The summed E-state index contributed by atoms with van der Waals surface area (Å²) in [4.78, 5) is 12.6. The number of alkyl halides is 2. The lowest BCUT2D eigenvalue weighted by atomic mass is 10.2. The second kappa shape index (κ2) is 5.52. The van der Waals surface area contributed by atoms with Crippen LogP contribution in [0.3, 0.4) is 0 Å². The van der Waals surface area contributed by atoms with Gasteiger partial charge in [0.15, 0.2) is 0 Å². The molecule has 0 saturated carbocycles. The Hall–Kier alpha value is -1.69. The number of aliphatic hydroxyl groups is 1. The van der Waals surface area contributed by atoms with E-state index in [1.165, 1.54) is 0 Å². The van der Waals surface area contributed by atoms with E-state index in [1.54, 1.807) is 24.3 Å². The molecule has 2 rings (SSSR count). The molecule has 6 heteroatoms. The molecule has 1 N–H and O–H groups in total. The molecule has 0 aromatic heterocycles. The van der Waals surface area contributed by atoms with Gasteiger partial charge in [-0.3, -0.25) is 4.90 Å². The molecule has 1 fully saturated rings. The van der Waals surface area contributed by atoms with Crippen molar-refractivity contribution in [2.24, 2.45) is 0 Å². The van der Waals surface area contributed by atoms with E-state index in [0.29, 0.717) is 0 Å². The van der Waals surface area contributed by atoms with Crippen LogP contribution >= 0.6 is 0 Å². The van der Waals surface area contributed by atoms with Crippen LogP contribution in [0.15, 0.2) is 30.3 Å². The SMILES string of the molecule is O=C(OCc1ccccc1)N1CC(F)(F)CC1CO. The Morgan fingerprint density at radius 1 is 1.42 bits per heavy atom. The highest BCUT2D eigenvalue weighted by Crippen LogP contribution is 2.32. The van der Waals surface area contributed by atoms with Crippen molar-refractivity contribution in [1.29, 1.82) is 0 Å². The molecule has 1 unspecified atom stereocenters. The molecule has 19 heavy (non-hydrogen) atoms. The second-order valence-corrected chi connectivity index (χ2v) is 4.56. The van der Waals surface area contributed by atoms with Crippen molar-refractivity contribution in [3.05, 3.63) is 35.9 Å². The summed E-state index contributed by atoms with van der Waals surface area (Å²) in [6, 6.07) is 8.09. The van der Waals surface area contributed by atoms with Gasteiger partial charge in [0.05, 0.1) is 19.2 Å². The van der Waals surface area contributed by atoms with Gasteiger partial charge in [-0.15, -0.1) is 0 Å². The van der Waals surface area contributed by atoms with E-state index in [2.05, 4.69) is 0 Å². The predicted octanol–water partition coefficient (Wildman–Crippen LogP) is 2.03. The van der Waals surface area contributed by atoms with Crippen molar-refractivity contribution < 1.29 is 23.4 Å². The molecule has 1 aliphatic heterocycles. The molecular formula is C13H15F2NO3. The quantitative estimate of drug-likeness (QED) is 0.915. The fourth-order valence-electron chi connectivity index (χ4n) is 2.08. The predicted molar refractivity (Wildman–Crippen MR) is 63.8 cm³/mol. The van der Waals surface area contributed by atoms with Gasteiger partial charge in [0, 0.05) is 6.42 Å². The topological polar surface area (TPSA) is 49.8 Å². The van der Waals surface area contributed by atoms with E-state index in [4.69, 9.17) is 9.84 Å². The lowest BCUT2D eigenvalue weighted by molar-refractivity contribution is 0.0100. The van der Waals surface area contributed by atoms with E-state index < -0.39 is 37.6 Å². The first-order valence-corrected chi connectivity index (χ1v) is 5.98. The van der Waals surface area contributed by atoms with Gasteiger partial charge >= 0.3 is 6.09 Å². The summed E-state index contributed by atoms with van der Waals surface area (Å²) in [6.45, 7) is -1.16. The van der Waals surface area contributed by atoms with Crippen molar-refractivity contribution in [2.75, 3.05) is 13.2 Å². The fourth-order valence-corrected chi connectivity index (χ4v) is 2.08. The van der Waals surface area contributed by atoms with Crippen LogP contribution in [0, 0.1) is 0 Å². The summed E-state index contributed by atoms with van der Waals surface area (Å²) in [6.07, 6.45) is -1.34. The molecule has 1 amide bonds. The van der Waals surface area contributed by atoms with Crippen molar-refractivity contribution in [2.45, 2.75) is 25.0 Å². The lowest BCUT2D eigenvalue weighted by Gasteiger charge is -2.21. The Balaban J connectivity index is 1.93. The number of ether oxygens (including phenoxy) is 1. The fraction of sp³-hybridized carbons (Fsp3) is 0.462. The molecule has 1 heterocycles. The van der Waals surface area contributed by atoms with Crippen LogP contribution in [-0.2, 0) is 11.3 Å². The molecule has 1 saturated heterocycles. The largest absolute Gasteiger partial charge is 0.445 e. The van der Waals surface area contributed by atoms with E-state index >= 15 is 0 Å². The van der Waals surface area contributed by atoms with Crippen molar-refractivity contribution in [1.82, 2.24) is 4.90 Å². The smallest absolute Gasteiger partial charge is 0.410 e. The molecular weight excluding hydrogens is 256 g/mol. The Morgan fingerprint density at radius 3 is 2.74 bits per heavy atom. The lowest BCUT2D eigenvalue weighted by Crippen LogP contribution is -2.38. The highest BCUT2D eigenvalue weighted by atomic mass is 19.3. The molecule has 1 aromatic rings. The van der Waals surface area contributed by atoms with Gasteiger partial charge in [0.25, 0.3) is 5.92 Å². The van der Waals surface area contributed by atoms with Gasteiger partial charge in [-0.2, -0.15) is 0 Å². The molecule has 1 aromatic carbocycles. The van der Waals surface area contributed by atoms with Crippen molar-refractivity contribution in [3.8, 4) is 0 Å². The summed E-state index contributed by atoms with van der Waals surface area (Å²) in [5.74, 6) is -2.96. The Morgan fingerprint density at radius 2 is 2.11 bits per heavy atom. The van der Waals surface area contributed by atoms with E-state index in [9.17, 15) is 13.6 Å². The zero-order valence-corrected chi connectivity index (χ0v) is 10.3. The number of benzene rings is 1. The Labute approximate surface area is 109 Å². The molecule has 1 aliphatic rings. The van der Waals surface area contributed by atoms with Crippen LogP contribution in [-0.4, -0.2) is 41.2 Å². The summed E-state index contributed by atoms with van der Waals surface area (Å²) >= 11 is 0. The highest BCUT2D eigenvalue weighted by molar-refractivity contribution is 5.68. The monoisotopic (exact) mass is 271 g/mol. The highest BCUT2D eigenvalue weighted by Gasteiger charge is 2.47. The summed E-state index contributed by atoms with van der Waals surface area (Å²) < 4.78 is 31.4. The summed E-state index contributed by atoms with van der Waals surface area (Å²) in [5.41, 5.74) is 0.780. The third-order valence-corrected chi connectivity index (χ3v) is 3.03. The second-order valence-electron chi connectivity index (χ2n) is 4.56. The number of nitrogens with zero attached hydrogens (tertiary/aromatic N) is 1. The number of aliphatic hydroxyl groups excluding tert-OH is 1.